The fraction of sp³-hybridized carbons (Fsp3) is 0.500. The number of methoxy groups -OCH3 is 1. The molecule has 20 heavy (non-hydrogen) atoms. The molecule has 8 heteroatoms. The van der Waals surface area contributed by atoms with E-state index >= 15 is 0 Å². The lowest BCUT2D eigenvalue weighted by molar-refractivity contribution is -0.384. The zero-order chi connectivity index (χ0) is 15.1. The van der Waals surface area contributed by atoms with Gasteiger partial charge in [-0.05, 0) is 18.7 Å². The summed E-state index contributed by atoms with van der Waals surface area (Å²) in [5.41, 5.74) is -0.114. The first-order valence-corrected chi connectivity index (χ1v) is 7.42. The van der Waals surface area contributed by atoms with Crippen LogP contribution in [-0.2, 0) is 4.74 Å². The molecular formula is C12H17N3O4S. The van der Waals surface area contributed by atoms with Crippen molar-refractivity contribution in [2.24, 2.45) is 0 Å². The molecule has 0 aliphatic rings. The Kier molecular flexibility index (Phi) is 6.23. The van der Waals surface area contributed by atoms with E-state index < -0.39 is 10.9 Å². The van der Waals surface area contributed by atoms with Crippen LogP contribution in [0.2, 0.25) is 0 Å². The normalized spacial score (nSPS) is 11.8. The van der Waals surface area contributed by atoms with E-state index in [1.165, 1.54) is 19.2 Å². The molecule has 1 heterocycles. The van der Waals surface area contributed by atoms with E-state index in [2.05, 4.69) is 15.0 Å². The number of aromatic nitrogens is 1. The van der Waals surface area contributed by atoms with Gasteiger partial charge in [-0.1, -0.05) is 6.92 Å². The van der Waals surface area contributed by atoms with Gasteiger partial charge in [-0.2, -0.15) is 11.8 Å². The summed E-state index contributed by atoms with van der Waals surface area (Å²) < 4.78 is 4.57. The number of nitrogens with zero attached hydrogens (tertiary/aromatic N) is 2. The van der Waals surface area contributed by atoms with Crippen LogP contribution in [0, 0.1) is 10.1 Å². The number of nitrogens with one attached hydrogen (secondary N) is 1. The number of pyridine rings is 1. The second-order valence-electron chi connectivity index (χ2n) is 4.02. The molecule has 0 aliphatic heterocycles. The first-order valence-electron chi connectivity index (χ1n) is 6.02. The maximum Gasteiger partial charge on any atom is 0.356 e. The Labute approximate surface area is 121 Å². The van der Waals surface area contributed by atoms with E-state index in [4.69, 9.17) is 0 Å². The van der Waals surface area contributed by atoms with Crippen molar-refractivity contribution >= 4 is 29.2 Å². The summed E-state index contributed by atoms with van der Waals surface area (Å²) in [6.07, 6.45) is 2.75. The number of esters is 1. The zero-order valence-electron chi connectivity index (χ0n) is 11.6. The summed E-state index contributed by atoms with van der Waals surface area (Å²) in [5, 5.41) is 14.0. The first-order chi connectivity index (χ1) is 9.53. The van der Waals surface area contributed by atoms with Crippen LogP contribution in [0.4, 0.5) is 11.5 Å². The van der Waals surface area contributed by atoms with Gasteiger partial charge in [-0.25, -0.2) is 9.78 Å². The van der Waals surface area contributed by atoms with Crippen molar-refractivity contribution in [2.75, 3.05) is 24.4 Å². The number of anilines is 1. The summed E-state index contributed by atoms with van der Waals surface area (Å²) in [7, 11) is 1.24. The third kappa shape index (κ3) is 4.09. The molecule has 1 unspecified atom stereocenters. The molecule has 0 spiro atoms. The number of thioether (sulfide) groups is 1. The summed E-state index contributed by atoms with van der Waals surface area (Å²) in [6.45, 7) is 1.98. The van der Waals surface area contributed by atoms with Crippen molar-refractivity contribution in [3.05, 3.63) is 27.9 Å². The molecule has 7 nitrogen and oxygen atoms in total. The average Bonchev–Trinajstić information content (AvgIpc) is 2.45. The van der Waals surface area contributed by atoms with Crippen molar-refractivity contribution in [2.45, 2.75) is 19.4 Å². The Morgan fingerprint density at radius 3 is 2.80 bits per heavy atom. The van der Waals surface area contributed by atoms with Gasteiger partial charge in [-0.3, -0.25) is 10.1 Å². The van der Waals surface area contributed by atoms with E-state index in [0.29, 0.717) is 0 Å². The van der Waals surface area contributed by atoms with Crippen molar-refractivity contribution in [3.8, 4) is 0 Å². The maximum absolute atomic E-state index is 11.4. The second kappa shape index (κ2) is 7.68. The topological polar surface area (TPSA) is 94.4 Å². The predicted molar refractivity (Wildman–Crippen MR) is 78.3 cm³/mol. The highest BCUT2D eigenvalue weighted by Crippen LogP contribution is 2.24. The van der Waals surface area contributed by atoms with E-state index in [9.17, 15) is 14.9 Å². The number of carbonyl (C=O) groups is 1. The largest absolute Gasteiger partial charge is 0.464 e. The predicted octanol–water partition coefficient (Wildman–Crippen LogP) is 2.33. The molecule has 0 amide bonds. The average molecular weight is 299 g/mol. The van der Waals surface area contributed by atoms with Crippen LogP contribution in [0.5, 0.6) is 0 Å². The second-order valence-corrected chi connectivity index (χ2v) is 4.93. The lowest BCUT2D eigenvalue weighted by Gasteiger charge is -2.16. The van der Waals surface area contributed by atoms with Crippen LogP contribution in [0.15, 0.2) is 12.1 Å². The van der Waals surface area contributed by atoms with E-state index in [-0.39, 0.29) is 23.2 Å². The Hall–Kier alpha value is -1.83. The van der Waals surface area contributed by atoms with Gasteiger partial charge >= 0.3 is 11.7 Å². The molecule has 1 N–H and O–H groups in total. The first kappa shape index (κ1) is 16.2. The summed E-state index contributed by atoms with van der Waals surface area (Å²) in [5.74, 6) is 0.261. The maximum atomic E-state index is 11.4. The molecular weight excluding hydrogens is 282 g/mol. The van der Waals surface area contributed by atoms with Crippen molar-refractivity contribution < 1.29 is 14.5 Å². The Balaban J connectivity index is 3.11. The Bertz CT molecular complexity index is 496. The van der Waals surface area contributed by atoms with Crippen LogP contribution in [0.3, 0.4) is 0 Å². The Morgan fingerprint density at radius 2 is 2.30 bits per heavy atom. The van der Waals surface area contributed by atoms with Crippen LogP contribution in [0.25, 0.3) is 0 Å². The highest BCUT2D eigenvalue weighted by molar-refractivity contribution is 7.98. The van der Waals surface area contributed by atoms with Crippen molar-refractivity contribution in [3.63, 3.8) is 0 Å². The molecule has 110 valence electrons. The van der Waals surface area contributed by atoms with Gasteiger partial charge in [0.15, 0.2) is 5.69 Å². The number of hydrogen-bond acceptors (Lipinski definition) is 7. The molecule has 0 aromatic carbocycles. The minimum atomic E-state index is -0.624. The molecule has 1 aromatic heterocycles. The Morgan fingerprint density at radius 1 is 1.60 bits per heavy atom. The molecule has 0 fully saturated rings. The van der Waals surface area contributed by atoms with Gasteiger partial charge in [0, 0.05) is 17.9 Å². The van der Waals surface area contributed by atoms with Gasteiger partial charge in [0.1, 0.15) is 0 Å². The van der Waals surface area contributed by atoms with E-state index in [0.717, 1.165) is 12.2 Å². The number of rotatable bonds is 7. The van der Waals surface area contributed by atoms with Gasteiger partial charge in [0.2, 0.25) is 5.82 Å². The molecule has 1 rings (SSSR count). The zero-order valence-corrected chi connectivity index (χ0v) is 12.4. The number of hydrogen-bond donors (Lipinski definition) is 1. The molecule has 0 aliphatic carbocycles. The number of carbonyl (C=O) groups excluding carboxylic acids is 1. The number of nitro groups is 1. The minimum Gasteiger partial charge on any atom is -0.464 e. The third-order valence-corrected chi connectivity index (χ3v) is 3.40. The van der Waals surface area contributed by atoms with Crippen LogP contribution in [-0.4, -0.2) is 41.0 Å². The quantitative estimate of drug-likeness (QED) is 0.469. The third-order valence-electron chi connectivity index (χ3n) is 2.67. The molecule has 0 radical (unpaired) electrons. The van der Waals surface area contributed by atoms with Gasteiger partial charge < -0.3 is 10.1 Å². The van der Waals surface area contributed by atoms with E-state index in [1.807, 2.05) is 13.2 Å². The minimum absolute atomic E-state index is 0.0413. The van der Waals surface area contributed by atoms with Crippen molar-refractivity contribution in [1.29, 1.82) is 0 Å². The van der Waals surface area contributed by atoms with Crippen molar-refractivity contribution in [1.82, 2.24) is 4.98 Å². The van der Waals surface area contributed by atoms with Crippen LogP contribution >= 0.6 is 11.8 Å². The SMILES string of the molecule is CCC(CSC)Nc1nc(C(=O)OC)ccc1[N+](=O)[O-]. The molecule has 0 saturated carbocycles. The van der Waals surface area contributed by atoms with E-state index in [1.54, 1.807) is 11.8 Å². The van der Waals surface area contributed by atoms with Crippen LogP contribution < -0.4 is 5.32 Å². The van der Waals surface area contributed by atoms with Gasteiger partial charge in [0.25, 0.3) is 0 Å². The summed E-state index contributed by atoms with van der Waals surface area (Å²) in [4.78, 5) is 25.9. The smallest absolute Gasteiger partial charge is 0.356 e. The van der Waals surface area contributed by atoms with Gasteiger partial charge in [-0.15, -0.1) is 0 Å². The number of ether oxygens (including phenoxy) is 1. The van der Waals surface area contributed by atoms with Gasteiger partial charge in [0.05, 0.1) is 12.0 Å². The molecule has 1 aromatic rings. The van der Waals surface area contributed by atoms with Crippen LogP contribution in [0.1, 0.15) is 23.8 Å². The fourth-order valence-electron chi connectivity index (χ4n) is 1.58. The lowest BCUT2D eigenvalue weighted by atomic mass is 10.2. The molecule has 1 atom stereocenters. The lowest BCUT2D eigenvalue weighted by Crippen LogP contribution is -2.23. The monoisotopic (exact) mass is 299 g/mol. The highest BCUT2D eigenvalue weighted by Gasteiger charge is 2.20. The molecule has 0 saturated heterocycles. The summed E-state index contributed by atoms with van der Waals surface area (Å²) in [6, 6.07) is 2.59. The fourth-order valence-corrected chi connectivity index (χ4v) is 2.30. The highest BCUT2D eigenvalue weighted by atomic mass is 32.2. The summed E-state index contributed by atoms with van der Waals surface area (Å²) >= 11 is 1.63. The molecule has 0 bridgehead atoms. The standard InChI is InChI=1S/C12H17N3O4S/c1-4-8(7-20-3)13-11-10(15(17)18)6-5-9(14-11)12(16)19-2/h5-6,8H,4,7H2,1-3H3,(H,13,14).